The maximum Gasteiger partial charge on any atom is 0.149 e. The average Bonchev–Trinajstić information content (AvgIpc) is 2.72. The monoisotopic (exact) mass is 414 g/mol. The Labute approximate surface area is 128 Å². The van der Waals surface area contributed by atoms with Crippen molar-refractivity contribution < 1.29 is 4.42 Å². The van der Waals surface area contributed by atoms with Gasteiger partial charge in [-0.05, 0) is 68.2 Å². The fourth-order valence-corrected chi connectivity index (χ4v) is 3.05. The summed E-state index contributed by atoms with van der Waals surface area (Å²) in [5.74, 6) is 0.522. The quantitative estimate of drug-likeness (QED) is 0.440. The van der Waals surface area contributed by atoms with Gasteiger partial charge in [-0.1, -0.05) is 26.0 Å². The number of halogens is 2. The Morgan fingerprint density at radius 3 is 2.56 bits per heavy atom. The molecule has 0 fully saturated rings. The summed E-state index contributed by atoms with van der Waals surface area (Å²) in [6.45, 7) is 4.40. The van der Waals surface area contributed by atoms with Crippen LogP contribution in [0.5, 0.6) is 0 Å². The molecule has 0 aliphatic heterocycles. The Morgan fingerprint density at radius 2 is 1.83 bits per heavy atom. The molecule has 0 aliphatic rings. The lowest BCUT2D eigenvalue weighted by atomic mass is 10.0. The van der Waals surface area contributed by atoms with Gasteiger partial charge in [0, 0.05) is 15.2 Å². The Kier molecular flexibility index (Phi) is 3.14. The number of fused-ring (bicyclic) bond motifs is 3. The molecular formula is C15H12BrIO. The van der Waals surface area contributed by atoms with Gasteiger partial charge in [-0.3, -0.25) is 0 Å². The number of benzene rings is 2. The fraction of sp³-hybridized carbons (Fsp3) is 0.200. The molecule has 18 heavy (non-hydrogen) atoms. The van der Waals surface area contributed by atoms with Crippen molar-refractivity contribution >= 4 is 60.5 Å². The van der Waals surface area contributed by atoms with Gasteiger partial charge in [-0.2, -0.15) is 0 Å². The lowest BCUT2D eigenvalue weighted by Crippen LogP contribution is -1.84. The Balaban J connectivity index is 2.39. The predicted octanol–water partition coefficient (Wildman–Crippen LogP) is 6.08. The van der Waals surface area contributed by atoms with E-state index in [1.165, 1.54) is 16.3 Å². The molecule has 0 unspecified atom stereocenters. The molecule has 1 heterocycles. The lowest BCUT2D eigenvalue weighted by Gasteiger charge is -2.03. The van der Waals surface area contributed by atoms with Crippen LogP contribution in [0, 0.1) is 3.57 Å². The van der Waals surface area contributed by atoms with Gasteiger partial charge < -0.3 is 4.42 Å². The number of furan rings is 1. The van der Waals surface area contributed by atoms with Gasteiger partial charge in [-0.15, -0.1) is 0 Å². The zero-order valence-electron chi connectivity index (χ0n) is 10.1. The van der Waals surface area contributed by atoms with E-state index in [4.69, 9.17) is 4.42 Å². The van der Waals surface area contributed by atoms with Crippen LogP contribution in [0.3, 0.4) is 0 Å². The van der Waals surface area contributed by atoms with Gasteiger partial charge in [-0.25, -0.2) is 0 Å². The van der Waals surface area contributed by atoms with E-state index in [2.05, 4.69) is 82.7 Å². The van der Waals surface area contributed by atoms with Gasteiger partial charge in [0.1, 0.15) is 11.2 Å². The number of hydrogen-bond acceptors (Lipinski definition) is 1. The first kappa shape index (κ1) is 12.5. The van der Waals surface area contributed by atoms with Gasteiger partial charge in [0.05, 0.1) is 3.57 Å². The molecule has 0 bridgehead atoms. The second kappa shape index (κ2) is 4.53. The summed E-state index contributed by atoms with van der Waals surface area (Å²) in [4.78, 5) is 0. The first-order valence-electron chi connectivity index (χ1n) is 5.88. The summed E-state index contributed by atoms with van der Waals surface area (Å²) < 4.78 is 8.23. The summed E-state index contributed by atoms with van der Waals surface area (Å²) in [5.41, 5.74) is 3.27. The summed E-state index contributed by atoms with van der Waals surface area (Å²) in [5, 5.41) is 2.38. The minimum absolute atomic E-state index is 0.522. The van der Waals surface area contributed by atoms with Crippen molar-refractivity contribution in [3.8, 4) is 0 Å². The third-order valence-electron chi connectivity index (χ3n) is 3.22. The highest BCUT2D eigenvalue weighted by molar-refractivity contribution is 14.1. The van der Waals surface area contributed by atoms with Gasteiger partial charge in [0.15, 0.2) is 0 Å². The minimum atomic E-state index is 0.522. The van der Waals surface area contributed by atoms with E-state index in [0.717, 1.165) is 19.2 Å². The molecule has 2 aromatic carbocycles. The summed E-state index contributed by atoms with van der Waals surface area (Å²) in [6, 6.07) is 10.7. The van der Waals surface area contributed by atoms with Crippen molar-refractivity contribution in [3.05, 3.63) is 43.9 Å². The predicted molar refractivity (Wildman–Crippen MR) is 88.2 cm³/mol. The molecule has 0 amide bonds. The third kappa shape index (κ3) is 1.88. The summed E-state index contributed by atoms with van der Waals surface area (Å²) >= 11 is 5.86. The first-order chi connectivity index (χ1) is 8.58. The maximum atomic E-state index is 6.02. The standard InChI is InChI=1S/C15H12BrIO/c1-8(2)9-3-4-10-11-5-6-12(16)14(17)15(11)18-13(10)7-9/h3-8H,1-2H3. The molecule has 1 nitrogen and oxygen atoms in total. The van der Waals surface area contributed by atoms with E-state index in [0.29, 0.717) is 5.92 Å². The first-order valence-corrected chi connectivity index (χ1v) is 7.75. The van der Waals surface area contributed by atoms with Crippen LogP contribution in [-0.4, -0.2) is 0 Å². The third-order valence-corrected chi connectivity index (χ3v) is 5.70. The van der Waals surface area contributed by atoms with Crippen molar-refractivity contribution in [2.45, 2.75) is 19.8 Å². The van der Waals surface area contributed by atoms with Gasteiger partial charge in [0.25, 0.3) is 0 Å². The zero-order chi connectivity index (χ0) is 12.9. The zero-order valence-corrected chi connectivity index (χ0v) is 13.9. The van der Waals surface area contributed by atoms with Crippen molar-refractivity contribution in [2.75, 3.05) is 0 Å². The molecule has 3 rings (SSSR count). The molecule has 0 saturated carbocycles. The van der Waals surface area contributed by atoms with Crippen LogP contribution in [0.2, 0.25) is 0 Å². The van der Waals surface area contributed by atoms with Gasteiger partial charge in [0.2, 0.25) is 0 Å². The van der Waals surface area contributed by atoms with Crippen molar-refractivity contribution in [1.29, 1.82) is 0 Å². The molecule has 0 radical (unpaired) electrons. The molecule has 0 N–H and O–H groups in total. The number of hydrogen-bond donors (Lipinski definition) is 0. The lowest BCUT2D eigenvalue weighted by molar-refractivity contribution is 0.664. The van der Waals surface area contributed by atoms with Crippen LogP contribution in [0.1, 0.15) is 25.3 Å². The van der Waals surface area contributed by atoms with Crippen LogP contribution in [0.4, 0.5) is 0 Å². The fourth-order valence-electron chi connectivity index (χ4n) is 2.16. The largest absolute Gasteiger partial charge is 0.455 e. The molecule has 0 spiro atoms. The van der Waals surface area contributed by atoms with E-state index in [1.807, 2.05) is 0 Å². The molecule has 0 saturated heterocycles. The summed E-state index contributed by atoms with van der Waals surface area (Å²) in [7, 11) is 0. The average molecular weight is 415 g/mol. The van der Waals surface area contributed by atoms with Crippen LogP contribution in [0.15, 0.2) is 39.2 Å². The Hall–Kier alpha value is -0.550. The van der Waals surface area contributed by atoms with Crippen LogP contribution in [-0.2, 0) is 0 Å². The molecule has 92 valence electrons. The van der Waals surface area contributed by atoms with Crippen LogP contribution >= 0.6 is 38.5 Å². The van der Waals surface area contributed by atoms with Gasteiger partial charge >= 0.3 is 0 Å². The summed E-state index contributed by atoms with van der Waals surface area (Å²) in [6.07, 6.45) is 0. The van der Waals surface area contributed by atoms with E-state index in [9.17, 15) is 0 Å². The second-order valence-electron chi connectivity index (χ2n) is 4.75. The minimum Gasteiger partial charge on any atom is -0.455 e. The van der Waals surface area contributed by atoms with Crippen molar-refractivity contribution in [1.82, 2.24) is 0 Å². The topological polar surface area (TPSA) is 13.1 Å². The van der Waals surface area contributed by atoms with E-state index in [-0.39, 0.29) is 0 Å². The van der Waals surface area contributed by atoms with E-state index < -0.39 is 0 Å². The highest BCUT2D eigenvalue weighted by atomic mass is 127. The molecule has 0 atom stereocenters. The molecule has 3 heteroatoms. The molecule has 0 aliphatic carbocycles. The molecule has 3 aromatic rings. The van der Waals surface area contributed by atoms with E-state index >= 15 is 0 Å². The van der Waals surface area contributed by atoms with E-state index in [1.54, 1.807) is 0 Å². The highest BCUT2D eigenvalue weighted by Crippen LogP contribution is 2.36. The van der Waals surface area contributed by atoms with Crippen LogP contribution in [0.25, 0.3) is 21.9 Å². The smallest absolute Gasteiger partial charge is 0.149 e. The molecular weight excluding hydrogens is 403 g/mol. The van der Waals surface area contributed by atoms with Crippen LogP contribution < -0.4 is 0 Å². The van der Waals surface area contributed by atoms with Crippen molar-refractivity contribution in [2.24, 2.45) is 0 Å². The van der Waals surface area contributed by atoms with Crippen molar-refractivity contribution in [3.63, 3.8) is 0 Å². The maximum absolute atomic E-state index is 6.02. The second-order valence-corrected chi connectivity index (χ2v) is 6.68. The Bertz CT molecular complexity index is 743. The highest BCUT2D eigenvalue weighted by Gasteiger charge is 2.12. The Morgan fingerprint density at radius 1 is 1.11 bits per heavy atom. The SMILES string of the molecule is CC(C)c1ccc2c(c1)oc1c(I)c(Br)ccc12. The number of rotatable bonds is 1. The molecule has 1 aromatic heterocycles. The normalized spacial score (nSPS) is 11.8.